The summed E-state index contributed by atoms with van der Waals surface area (Å²) in [5.74, 6) is 0.868. The summed E-state index contributed by atoms with van der Waals surface area (Å²) in [6, 6.07) is 8.10. The predicted octanol–water partition coefficient (Wildman–Crippen LogP) is 3.27. The Bertz CT molecular complexity index is 415. The molecule has 0 fully saturated rings. The van der Waals surface area contributed by atoms with E-state index in [1.54, 1.807) is 0 Å². The maximum absolute atomic E-state index is 12.2. The number of hydrogen-bond donors (Lipinski definition) is 1. The van der Waals surface area contributed by atoms with Crippen molar-refractivity contribution >= 4 is 17.3 Å². The highest BCUT2D eigenvalue weighted by Crippen LogP contribution is 2.28. The van der Waals surface area contributed by atoms with Gasteiger partial charge in [0, 0.05) is 19.5 Å². The highest BCUT2D eigenvalue weighted by Gasteiger charge is 2.20. The first-order chi connectivity index (χ1) is 8.68. The lowest BCUT2D eigenvalue weighted by Crippen LogP contribution is -2.34. The maximum atomic E-state index is 12.2. The van der Waals surface area contributed by atoms with Crippen molar-refractivity contribution in [3.63, 3.8) is 0 Å². The first-order valence-electron chi connectivity index (χ1n) is 6.81. The van der Waals surface area contributed by atoms with Gasteiger partial charge in [-0.05, 0) is 30.9 Å². The van der Waals surface area contributed by atoms with Gasteiger partial charge in [0.15, 0.2) is 0 Å². The van der Waals surface area contributed by atoms with Crippen molar-refractivity contribution < 1.29 is 4.79 Å². The third-order valence-corrected chi connectivity index (χ3v) is 3.31. The molecule has 0 saturated carbocycles. The van der Waals surface area contributed by atoms with Gasteiger partial charge in [0.1, 0.15) is 0 Å². The van der Waals surface area contributed by atoms with Gasteiger partial charge in [-0.15, -0.1) is 0 Å². The number of rotatable bonds is 3. The molecule has 0 radical (unpaired) electrons. The number of benzene rings is 1. The van der Waals surface area contributed by atoms with Crippen LogP contribution in [0.1, 0.15) is 33.1 Å². The van der Waals surface area contributed by atoms with E-state index in [4.69, 9.17) is 0 Å². The number of hydrogen-bond acceptors (Lipinski definition) is 2. The summed E-state index contributed by atoms with van der Waals surface area (Å²) in [4.78, 5) is 14.2. The van der Waals surface area contributed by atoms with Gasteiger partial charge in [0.05, 0.1) is 11.4 Å². The van der Waals surface area contributed by atoms with E-state index >= 15 is 0 Å². The summed E-state index contributed by atoms with van der Waals surface area (Å²) in [5.41, 5.74) is 2.11. The average molecular weight is 246 g/mol. The molecule has 1 aromatic carbocycles. The molecule has 0 aromatic heterocycles. The Balaban J connectivity index is 2.25. The van der Waals surface area contributed by atoms with Gasteiger partial charge in [-0.25, -0.2) is 0 Å². The van der Waals surface area contributed by atoms with Gasteiger partial charge in [-0.3, -0.25) is 4.79 Å². The minimum atomic E-state index is 0.254. The first-order valence-corrected chi connectivity index (χ1v) is 6.81. The number of anilines is 2. The molecule has 1 aromatic rings. The van der Waals surface area contributed by atoms with Crippen LogP contribution in [0.25, 0.3) is 0 Å². The summed E-state index contributed by atoms with van der Waals surface area (Å²) >= 11 is 0. The van der Waals surface area contributed by atoms with E-state index in [-0.39, 0.29) is 5.91 Å². The molecule has 1 heterocycles. The minimum Gasteiger partial charge on any atom is -0.383 e. The van der Waals surface area contributed by atoms with E-state index in [1.165, 1.54) is 0 Å². The van der Waals surface area contributed by atoms with Crippen molar-refractivity contribution in [2.45, 2.75) is 33.1 Å². The molecular formula is C15H22N2O. The molecule has 0 unspecified atom stereocenters. The van der Waals surface area contributed by atoms with Crippen molar-refractivity contribution in [3.05, 3.63) is 24.3 Å². The third kappa shape index (κ3) is 3.03. The molecule has 0 spiro atoms. The summed E-state index contributed by atoms with van der Waals surface area (Å²) in [5, 5.41) is 3.41. The van der Waals surface area contributed by atoms with Crippen LogP contribution >= 0.6 is 0 Å². The largest absolute Gasteiger partial charge is 0.383 e. The van der Waals surface area contributed by atoms with Crippen LogP contribution in [0.2, 0.25) is 0 Å². The SMILES string of the molecule is CC(C)CCN1C(=O)CCCNc2ccccc21. The zero-order valence-corrected chi connectivity index (χ0v) is 11.3. The van der Waals surface area contributed by atoms with Gasteiger partial charge in [-0.2, -0.15) is 0 Å². The number of carbonyl (C=O) groups excluding carboxylic acids is 1. The first kappa shape index (κ1) is 12.9. The fourth-order valence-electron chi connectivity index (χ4n) is 2.22. The van der Waals surface area contributed by atoms with Gasteiger partial charge >= 0.3 is 0 Å². The summed E-state index contributed by atoms with van der Waals surface area (Å²) < 4.78 is 0. The van der Waals surface area contributed by atoms with Gasteiger partial charge in [-0.1, -0.05) is 26.0 Å². The topological polar surface area (TPSA) is 32.3 Å². The molecular weight excluding hydrogens is 224 g/mol. The molecule has 1 aliphatic rings. The second-order valence-corrected chi connectivity index (χ2v) is 5.28. The lowest BCUT2D eigenvalue weighted by molar-refractivity contribution is -0.118. The number of nitrogens with one attached hydrogen (secondary N) is 1. The second kappa shape index (κ2) is 5.89. The molecule has 1 amide bonds. The Labute approximate surface area is 109 Å². The van der Waals surface area contributed by atoms with E-state index in [9.17, 15) is 4.79 Å². The molecule has 0 saturated heterocycles. The van der Waals surface area contributed by atoms with E-state index in [2.05, 4.69) is 25.2 Å². The Kier molecular flexibility index (Phi) is 4.24. The molecule has 1 aliphatic heterocycles. The highest BCUT2D eigenvalue weighted by molar-refractivity contribution is 5.97. The molecule has 1 N–H and O–H groups in total. The average Bonchev–Trinajstić information content (AvgIpc) is 2.34. The zero-order chi connectivity index (χ0) is 13.0. The molecule has 2 rings (SSSR count). The minimum absolute atomic E-state index is 0.254. The Morgan fingerprint density at radius 2 is 2.11 bits per heavy atom. The Hall–Kier alpha value is -1.51. The van der Waals surface area contributed by atoms with Gasteiger partial charge in [0.25, 0.3) is 0 Å². The smallest absolute Gasteiger partial charge is 0.227 e. The van der Waals surface area contributed by atoms with Crippen LogP contribution in [0, 0.1) is 5.92 Å². The molecule has 0 aliphatic carbocycles. The molecule has 3 nitrogen and oxygen atoms in total. The van der Waals surface area contributed by atoms with Crippen LogP contribution in [0.5, 0.6) is 0 Å². The number of nitrogens with zero attached hydrogens (tertiary/aromatic N) is 1. The van der Waals surface area contributed by atoms with Crippen molar-refractivity contribution in [1.29, 1.82) is 0 Å². The number of fused-ring (bicyclic) bond motifs is 1. The fourth-order valence-corrected chi connectivity index (χ4v) is 2.22. The van der Waals surface area contributed by atoms with E-state index < -0.39 is 0 Å². The van der Waals surface area contributed by atoms with Crippen LogP contribution < -0.4 is 10.2 Å². The van der Waals surface area contributed by atoms with Crippen molar-refractivity contribution in [2.24, 2.45) is 5.92 Å². The number of para-hydroxylation sites is 2. The molecule has 18 heavy (non-hydrogen) atoms. The standard InChI is InChI=1S/C15H22N2O/c1-12(2)9-11-17-14-7-4-3-6-13(14)16-10-5-8-15(17)18/h3-4,6-7,12,16H,5,8-11H2,1-2H3. The van der Waals surface area contributed by atoms with E-state index in [0.717, 1.165) is 37.3 Å². The molecule has 3 heteroatoms. The lowest BCUT2D eigenvalue weighted by atomic mass is 10.1. The highest BCUT2D eigenvalue weighted by atomic mass is 16.2. The third-order valence-electron chi connectivity index (χ3n) is 3.31. The van der Waals surface area contributed by atoms with Crippen LogP contribution in [0.15, 0.2) is 24.3 Å². The second-order valence-electron chi connectivity index (χ2n) is 5.28. The van der Waals surface area contributed by atoms with Crippen LogP contribution in [0.4, 0.5) is 11.4 Å². The predicted molar refractivity (Wildman–Crippen MR) is 76.0 cm³/mol. The quantitative estimate of drug-likeness (QED) is 0.887. The fraction of sp³-hybridized carbons (Fsp3) is 0.533. The Morgan fingerprint density at radius 3 is 2.89 bits per heavy atom. The monoisotopic (exact) mass is 246 g/mol. The van der Waals surface area contributed by atoms with Crippen molar-refractivity contribution in [1.82, 2.24) is 0 Å². The molecule has 98 valence electrons. The van der Waals surface area contributed by atoms with Gasteiger partial charge < -0.3 is 10.2 Å². The van der Waals surface area contributed by atoms with Crippen LogP contribution in [-0.4, -0.2) is 19.0 Å². The van der Waals surface area contributed by atoms with Crippen molar-refractivity contribution in [2.75, 3.05) is 23.3 Å². The lowest BCUT2D eigenvalue weighted by Gasteiger charge is -2.28. The number of amides is 1. The molecule has 0 bridgehead atoms. The Morgan fingerprint density at radius 1 is 1.33 bits per heavy atom. The number of carbonyl (C=O) groups is 1. The maximum Gasteiger partial charge on any atom is 0.227 e. The zero-order valence-electron chi connectivity index (χ0n) is 11.3. The van der Waals surface area contributed by atoms with Crippen LogP contribution in [-0.2, 0) is 4.79 Å². The van der Waals surface area contributed by atoms with Crippen molar-refractivity contribution in [3.8, 4) is 0 Å². The van der Waals surface area contributed by atoms with Gasteiger partial charge in [0.2, 0.25) is 5.91 Å². The summed E-state index contributed by atoms with van der Waals surface area (Å²) in [6.07, 6.45) is 2.59. The van der Waals surface area contributed by atoms with Crippen LogP contribution in [0.3, 0.4) is 0 Å². The van der Waals surface area contributed by atoms with E-state index in [0.29, 0.717) is 12.3 Å². The normalized spacial score (nSPS) is 15.9. The van der Waals surface area contributed by atoms with E-state index in [1.807, 2.05) is 23.1 Å². The summed E-state index contributed by atoms with van der Waals surface area (Å²) in [6.45, 7) is 6.08. The summed E-state index contributed by atoms with van der Waals surface area (Å²) in [7, 11) is 0. The molecule has 0 atom stereocenters.